The average Bonchev–Trinajstić information content (AvgIpc) is 2.40. The number of nitrogens with zero attached hydrogens (tertiary/aromatic N) is 1. The quantitative estimate of drug-likeness (QED) is 0.745. The van der Waals surface area contributed by atoms with Gasteiger partial charge in [0.15, 0.2) is 0 Å². The molecule has 1 saturated heterocycles. The summed E-state index contributed by atoms with van der Waals surface area (Å²) < 4.78 is 5.30. The first-order valence-corrected chi connectivity index (χ1v) is 5.54. The van der Waals surface area contributed by atoms with E-state index < -0.39 is 0 Å². The van der Waals surface area contributed by atoms with Crippen LogP contribution in [0.15, 0.2) is 0 Å². The fourth-order valence-corrected chi connectivity index (χ4v) is 1.48. The largest absolute Gasteiger partial charge is 0.379 e. The Hall–Kier alpha value is -1.10. The monoisotopic (exact) mass is 228 g/mol. The minimum atomic E-state index is -0.232. The summed E-state index contributed by atoms with van der Waals surface area (Å²) in [7, 11) is 1.66. The number of hydrogen-bond donors (Lipinski definition) is 1. The van der Waals surface area contributed by atoms with Crippen molar-refractivity contribution in [3.63, 3.8) is 0 Å². The van der Waals surface area contributed by atoms with Crippen molar-refractivity contribution in [2.75, 3.05) is 26.7 Å². The Morgan fingerprint density at radius 2 is 2.12 bits per heavy atom. The Morgan fingerprint density at radius 3 is 2.75 bits per heavy atom. The zero-order valence-electron chi connectivity index (χ0n) is 10.2. The summed E-state index contributed by atoms with van der Waals surface area (Å²) in [6, 6.07) is 0. The van der Waals surface area contributed by atoms with Crippen LogP contribution in [0.4, 0.5) is 0 Å². The van der Waals surface area contributed by atoms with Crippen molar-refractivity contribution in [2.24, 2.45) is 0 Å². The highest BCUT2D eigenvalue weighted by atomic mass is 16.5. The maximum Gasteiger partial charge on any atom is 0.241 e. The number of carbonyl (C=O) groups excluding carboxylic acids is 2. The fraction of sp³-hybridized carbons (Fsp3) is 0.818. The van der Waals surface area contributed by atoms with Gasteiger partial charge >= 0.3 is 0 Å². The molecule has 0 spiro atoms. The van der Waals surface area contributed by atoms with Gasteiger partial charge < -0.3 is 15.0 Å². The van der Waals surface area contributed by atoms with Crippen LogP contribution < -0.4 is 5.32 Å². The van der Waals surface area contributed by atoms with Crippen LogP contribution in [-0.2, 0) is 14.3 Å². The summed E-state index contributed by atoms with van der Waals surface area (Å²) >= 11 is 0. The van der Waals surface area contributed by atoms with E-state index in [2.05, 4.69) is 5.32 Å². The third-order valence-corrected chi connectivity index (χ3v) is 2.93. The van der Waals surface area contributed by atoms with E-state index in [1.165, 1.54) is 0 Å². The summed E-state index contributed by atoms with van der Waals surface area (Å²) in [5, 5.41) is 2.57. The summed E-state index contributed by atoms with van der Waals surface area (Å²) in [5.74, 6) is -0.0698. The Kier molecular flexibility index (Phi) is 4.29. The molecule has 1 rings (SSSR count). The van der Waals surface area contributed by atoms with Gasteiger partial charge in [-0.15, -0.1) is 0 Å². The van der Waals surface area contributed by atoms with Crippen molar-refractivity contribution < 1.29 is 14.3 Å². The summed E-state index contributed by atoms with van der Waals surface area (Å²) in [4.78, 5) is 24.5. The SMILES string of the molecule is COC(C)(C)CCN1CCC(=O)NCC1=O. The van der Waals surface area contributed by atoms with Gasteiger partial charge in [-0.05, 0) is 20.3 Å². The molecule has 1 heterocycles. The number of methoxy groups -OCH3 is 1. The van der Waals surface area contributed by atoms with Gasteiger partial charge in [-0.2, -0.15) is 0 Å². The van der Waals surface area contributed by atoms with Crippen LogP contribution in [0.25, 0.3) is 0 Å². The zero-order valence-corrected chi connectivity index (χ0v) is 10.2. The molecule has 1 N–H and O–H groups in total. The molecule has 5 heteroatoms. The third-order valence-electron chi connectivity index (χ3n) is 2.93. The van der Waals surface area contributed by atoms with Crippen molar-refractivity contribution >= 4 is 11.8 Å². The van der Waals surface area contributed by atoms with Gasteiger partial charge in [-0.25, -0.2) is 0 Å². The topological polar surface area (TPSA) is 58.6 Å². The van der Waals surface area contributed by atoms with E-state index in [1.54, 1.807) is 12.0 Å². The molecular formula is C11H20N2O3. The maximum absolute atomic E-state index is 11.6. The molecule has 2 amide bonds. The van der Waals surface area contributed by atoms with Crippen LogP contribution >= 0.6 is 0 Å². The highest BCUT2D eigenvalue weighted by Gasteiger charge is 2.23. The Morgan fingerprint density at radius 1 is 1.44 bits per heavy atom. The number of ether oxygens (including phenoxy) is 1. The molecule has 1 aliphatic heterocycles. The molecule has 1 fully saturated rings. The van der Waals surface area contributed by atoms with E-state index in [0.29, 0.717) is 19.5 Å². The van der Waals surface area contributed by atoms with E-state index in [1.807, 2.05) is 13.8 Å². The minimum Gasteiger partial charge on any atom is -0.379 e. The molecule has 92 valence electrons. The maximum atomic E-state index is 11.6. The highest BCUT2D eigenvalue weighted by Crippen LogP contribution is 2.14. The molecule has 16 heavy (non-hydrogen) atoms. The molecule has 0 unspecified atom stereocenters. The van der Waals surface area contributed by atoms with Gasteiger partial charge in [0.05, 0.1) is 12.1 Å². The van der Waals surface area contributed by atoms with Gasteiger partial charge in [0.25, 0.3) is 0 Å². The van der Waals surface area contributed by atoms with Gasteiger partial charge in [-0.3, -0.25) is 9.59 Å². The third kappa shape index (κ3) is 3.81. The number of rotatable bonds is 4. The molecule has 0 saturated carbocycles. The van der Waals surface area contributed by atoms with Crippen LogP contribution in [0.3, 0.4) is 0 Å². The summed E-state index contributed by atoms with van der Waals surface area (Å²) in [6.07, 6.45) is 1.16. The second-order valence-electron chi connectivity index (χ2n) is 4.62. The first-order valence-electron chi connectivity index (χ1n) is 5.54. The summed E-state index contributed by atoms with van der Waals surface area (Å²) in [6.45, 7) is 5.22. The highest BCUT2D eigenvalue weighted by molar-refractivity contribution is 5.87. The van der Waals surface area contributed by atoms with Crippen molar-refractivity contribution in [3.8, 4) is 0 Å². The average molecular weight is 228 g/mol. The second-order valence-corrected chi connectivity index (χ2v) is 4.62. The lowest BCUT2D eigenvalue weighted by Crippen LogP contribution is -2.38. The first-order chi connectivity index (χ1) is 7.44. The molecule has 0 aromatic heterocycles. The van der Waals surface area contributed by atoms with Gasteiger partial charge in [0.1, 0.15) is 0 Å². The van der Waals surface area contributed by atoms with Gasteiger partial charge in [0, 0.05) is 26.6 Å². The van der Waals surface area contributed by atoms with Crippen molar-refractivity contribution in [1.29, 1.82) is 0 Å². The zero-order chi connectivity index (χ0) is 12.2. The van der Waals surface area contributed by atoms with Crippen LogP contribution in [-0.4, -0.2) is 49.1 Å². The van der Waals surface area contributed by atoms with Gasteiger partial charge in [0.2, 0.25) is 11.8 Å². The molecule has 0 aliphatic carbocycles. The lowest BCUT2D eigenvalue weighted by atomic mass is 10.0. The predicted molar refractivity (Wildman–Crippen MR) is 59.9 cm³/mol. The van der Waals surface area contributed by atoms with E-state index in [9.17, 15) is 9.59 Å². The lowest BCUT2D eigenvalue weighted by molar-refractivity contribution is -0.130. The molecular weight excluding hydrogens is 208 g/mol. The van der Waals surface area contributed by atoms with Crippen LogP contribution in [0, 0.1) is 0 Å². The molecule has 0 aromatic rings. The Bertz CT molecular complexity index is 276. The minimum absolute atomic E-state index is 0.0160. The first kappa shape index (κ1) is 13.0. The van der Waals surface area contributed by atoms with Crippen LogP contribution in [0.5, 0.6) is 0 Å². The van der Waals surface area contributed by atoms with E-state index in [4.69, 9.17) is 4.74 Å². The number of hydrogen-bond acceptors (Lipinski definition) is 3. The van der Waals surface area contributed by atoms with E-state index in [0.717, 1.165) is 6.42 Å². The second kappa shape index (κ2) is 5.30. The predicted octanol–water partition coefficient (Wildman–Crippen LogP) is 0.150. The Labute approximate surface area is 96.1 Å². The molecule has 0 aromatic carbocycles. The molecule has 0 bridgehead atoms. The standard InChI is InChI=1S/C11H20N2O3/c1-11(2,16-3)5-7-13-6-4-9(14)12-8-10(13)15/h4-8H2,1-3H3,(H,12,14). The van der Waals surface area contributed by atoms with Gasteiger partial charge in [-0.1, -0.05) is 0 Å². The van der Waals surface area contributed by atoms with Crippen LogP contribution in [0.2, 0.25) is 0 Å². The van der Waals surface area contributed by atoms with Crippen molar-refractivity contribution in [1.82, 2.24) is 10.2 Å². The molecule has 0 radical (unpaired) electrons. The lowest BCUT2D eigenvalue weighted by Gasteiger charge is -2.27. The summed E-state index contributed by atoms with van der Waals surface area (Å²) in [5.41, 5.74) is -0.232. The molecule has 5 nitrogen and oxygen atoms in total. The number of carbonyl (C=O) groups is 2. The van der Waals surface area contributed by atoms with Crippen molar-refractivity contribution in [3.05, 3.63) is 0 Å². The fourth-order valence-electron chi connectivity index (χ4n) is 1.48. The van der Waals surface area contributed by atoms with E-state index in [-0.39, 0.29) is 24.0 Å². The molecule has 1 aliphatic rings. The number of nitrogens with one attached hydrogen (secondary N) is 1. The smallest absolute Gasteiger partial charge is 0.241 e. The Balaban J connectivity index is 2.46. The van der Waals surface area contributed by atoms with Crippen LogP contribution in [0.1, 0.15) is 26.7 Å². The van der Waals surface area contributed by atoms with Crippen molar-refractivity contribution in [2.45, 2.75) is 32.3 Å². The van der Waals surface area contributed by atoms with E-state index >= 15 is 0 Å². The molecule has 0 atom stereocenters. The number of amides is 2. The normalized spacial score (nSPS) is 18.3.